The third-order valence-electron chi connectivity index (χ3n) is 2.36. The summed E-state index contributed by atoms with van der Waals surface area (Å²) < 4.78 is 1.93. The van der Waals surface area contributed by atoms with Crippen LogP contribution in [0.3, 0.4) is 0 Å². The molecule has 0 saturated heterocycles. The highest BCUT2D eigenvalue weighted by atomic mass is 35.5. The summed E-state index contributed by atoms with van der Waals surface area (Å²) >= 11 is 11.1. The van der Waals surface area contributed by atoms with Gasteiger partial charge in [-0.15, -0.1) is 10.2 Å². The van der Waals surface area contributed by atoms with Gasteiger partial charge in [-0.05, 0) is 30.5 Å². The first-order valence-corrected chi connectivity index (χ1v) is 9.01. The van der Waals surface area contributed by atoms with Gasteiger partial charge in [-0.3, -0.25) is 0 Å². The van der Waals surface area contributed by atoms with Gasteiger partial charge in [0.05, 0.1) is 0 Å². The summed E-state index contributed by atoms with van der Waals surface area (Å²) in [4.78, 5) is 1.09. The van der Waals surface area contributed by atoms with E-state index < -0.39 is 0 Å². The van der Waals surface area contributed by atoms with Crippen LogP contribution in [-0.4, -0.2) is 23.0 Å². The van der Waals surface area contributed by atoms with Gasteiger partial charge in [0.1, 0.15) is 0 Å². The average Bonchev–Trinajstić information content (AvgIpc) is 2.85. The van der Waals surface area contributed by atoms with Crippen LogP contribution in [0.5, 0.6) is 0 Å². The molecule has 0 unspecified atom stereocenters. The second-order valence-corrected chi connectivity index (χ2v) is 7.43. The summed E-state index contributed by atoms with van der Waals surface area (Å²) in [5.74, 6) is 0. The van der Waals surface area contributed by atoms with Gasteiger partial charge in [0.15, 0.2) is 8.68 Å². The van der Waals surface area contributed by atoms with Crippen molar-refractivity contribution in [1.82, 2.24) is 15.5 Å². The smallest absolute Gasteiger partial charge is 0.179 e. The highest BCUT2D eigenvalue weighted by Gasteiger charge is 2.07. The Morgan fingerprint density at radius 3 is 2.74 bits per heavy atom. The first kappa shape index (κ1) is 15.1. The van der Waals surface area contributed by atoms with Gasteiger partial charge < -0.3 is 5.32 Å². The molecule has 1 heterocycles. The molecule has 7 heteroatoms. The fourth-order valence-corrected chi connectivity index (χ4v) is 4.18. The number of thioether (sulfide) groups is 1. The Labute approximate surface area is 130 Å². The second kappa shape index (κ2) is 7.50. The van der Waals surface area contributed by atoms with Gasteiger partial charge in [0, 0.05) is 16.5 Å². The Balaban J connectivity index is 2.06. The van der Waals surface area contributed by atoms with E-state index in [2.05, 4.69) is 34.6 Å². The summed E-state index contributed by atoms with van der Waals surface area (Å²) in [7, 11) is 0. The number of hydrogen-bond donors (Lipinski definition) is 1. The maximum absolute atomic E-state index is 6.27. The minimum absolute atomic E-state index is 0.792. The van der Waals surface area contributed by atoms with Crippen molar-refractivity contribution in [2.75, 3.05) is 12.8 Å². The van der Waals surface area contributed by atoms with Gasteiger partial charge in [-0.2, -0.15) is 0 Å². The molecule has 0 bridgehead atoms. The van der Waals surface area contributed by atoms with Gasteiger partial charge in [-0.1, -0.05) is 59.5 Å². The van der Waals surface area contributed by atoms with Gasteiger partial charge >= 0.3 is 0 Å². The molecule has 1 aromatic heterocycles. The van der Waals surface area contributed by atoms with Crippen LogP contribution < -0.4 is 5.32 Å². The topological polar surface area (TPSA) is 37.8 Å². The van der Waals surface area contributed by atoms with Crippen LogP contribution in [-0.2, 0) is 6.54 Å². The molecule has 1 N–H and O–H groups in total. The lowest BCUT2D eigenvalue weighted by atomic mass is 10.2. The second-order valence-electron chi connectivity index (χ2n) is 3.67. The molecule has 102 valence electrons. The number of rotatable bonds is 6. The highest BCUT2D eigenvalue weighted by Crippen LogP contribution is 2.34. The lowest BCUT2D eigenvalue weighted by molar-refractivity contribution is 0.726. The molecule has 3 nitrogen and oxygen atoms in total. The number of nitrogens with one attached hydrogen (secondary N) is 1. The van der Waals surface area contributed by atoms with Crippen LogP contribution in [0, 0.1) is 0 Å². The zero-order valence-electron chi connectivity index (χ0n) is 10.6. The average molecular weight is 332 g/mol. The standard InChI is InChI=1S/C12H14ClN3S3/c1-3-14-7-8-4-5-9(6-10(8)13)18-12-16-15-11(17-2)19-12/h4-6,14H,3,7H2,1-2H3. The van der Waals surface area contributed by atoms with Crippen molar-refractivity contribution in [3.63, 3.8) is 0 Å². The van der Waals surface area contributed by atoms with Crippen molar-refractivity contribution in [3.8, 4) is 0 Å². The molecule has 2 rings (SSSR count). The molecular weight excluding hydrogens is 318 g/mol. The highest BCUT2D eigenvalue weighted by molar-refractivity contribution is 8.03. The molecule has 1 aromatic carbocycles. The van der Waals surface area contributed by atoms with Gasteiger partial charge in [0.25, 0.3) is 0 Å². The zero-order valence-corrected chi connectivity index (χ0v) is 13.8. The third kappa shape index (κ3) is 4.36. The Bertz CT molecular complexity index is 545. The van der Waals surface area contributed by atoms with Crippen LogP contribution in [0.25, 0.3) is 0 Å². The normalized spacial score (nSPS) is 10.9. The Hall–Kier alpha value is -0.270. The number of aromatic nitrogens is 2. The first-order valence-electron chi connectivity index (χ1n) is 5.77. The monoisotopic (exact) mass is 331 g/mol. The Morgan fingerprint density at radius 1 is 1.32 bits per heavy atom. The number of nitrogens with zero attached hydrogens (tertiary/aromatic N) is 2. The molecule has 0 aliphatic carbocycles. The van der Waals surface area contributed by atoms with Gasteiger partial charge in [-0.25, -0.2) is 0 Å². The SMILES string of the molecule is CCNCc1ccc(Sc2nnc(SC)s2)cc1Cl. The van der Waals surface area contributed by atoms with E-state index in [-0.39, 0.29) is 0 Å². The van der Waals surface area contributed by atoms with Crippen molar-refractivity contribution in [2.45, 2.75) is 27.0 Å². The molecule has 0 spiro atoms. The van der Waals surface area contributed by atoms with E-state index in [1.807, 2.05) is 12.3 Å². The molecule has 2 aromatic rings. The van der Waals surface area contributed by atoms with E-state index in [4.69, 9.17) is 11.6 Å². The van der Waals surface area contributed by atoms with Gasteiger partial charge in [0.2, 0.25) is 0 Å². The van der Waals surface area contributed by atoms with E-state index in [1.165, 1.54) is 0 Å². The summed E-state index contributed by atoms with van der Waals surface area (Å²) in [5, 5.41) is 12.3. The van der Waals surface area contributed by atoms with E-state index in [1.54, 1.807) is 34.9 Å². The lowest BCUT2D eigenvalue weighted by Crippen LogP contribution is -2.11. The zero-order chi connectivity index (χ0) is 13.7. The molecule has 0 fully saturated rings. The van der Waals surface area contributed by atoms with Crippen LogP contribution in [0.15, 0.2) is 31.8 Å². The number of benzene rings is 1. The summed E-state index contributed by atoms with van der Waals surface area (Å²) in [5.41, 5.74) is 1.12. The van der Waals surface area contributed by atoms with E-state index in [0.29, 0.717) is 0 Å². The Kier molecular flexibility index (Phi) is 5.97. The van der Waals surface area contributed by atoms with Crippen LogP contribution in [0.2, 0.25) is 5.02 Å². The minimum atomic E-state index is 0.792. The van der Waals surface area contributed by atoms with Crippen molar-refractivity contribution in [1.29, 1.82) is 0 Å². The summed E-state index contributed by atoms with van der Waals surface area (Å²) in [6.07, 6.45) is 2.00. The third-order valence-corrected chi connectivity index (χ3v) is 5.65. The predicted molar refractivity (Wildman–Crippen MR) is 84.6 cm³/mol. The van der Waals surface area contributed by atoms with Crippen molar-refractivity contribution >= 4 is 46.5 Å². The first-order chi connectivity index (χ1) is 9.22. The van der Waals surface area contributed by atoms with Crippen molar-refractivity contribution in [2.24, 2.45) is 0 Å². The van der Waals surface area contributed by atoms with Crippen LogP contribution in [0.4, 0.5) is 0 Å². The maximum Gasteiger partial charge on any atom is 0.179 e. The minimum Gasteiger partial charge on any atom is -0.313 e. The lowest BCUT2D eigenvalue weighted by Gasteiger charge is -2.06. The molecule has 0 atom stereocenters. The quantitative estimate of drug-likeness (QED) is 0.804. The summed E-state index contributed by atoms with van der Waals surface area (Å²) in [6, 6.07) is 6.12. The van der Waals surface area contributed by atoms with E-state index in [9.17, 15) is 0 Å². The molecule has 0 aliphatic rings. The largest absolute Gasteiger partial charge is 0.313 e. The predicted octanol–water partition coefficient (Wildman–Crippen LogP) is 4.17. The fourth-order valence-electron chi connectivity index (χ4n) is 1.42. The van der Waals surface area contributed by atoms with Crippen LogP contribution >= 0.6 is 46.5 Å². The van der Waals surface area contributed by atoms with E-state index in [0.717, 1.165) is 37.3 Å². The number of halogens is 1. The molecule has 0 saturated carbocycles. The van der Waals surface area contributed by atoms with E-state index >= 15 is 0 Å². The molecule has 0 radical (unpaired) electrons. The number of hydrogen-bond acceptors (Lipinski definition) is 6. The van der Waals surface area contributed by atoms with Crippen LogP contribution in [0.1, 0.15) is 12.5 Å². The molecular formula is C12H14ClN3S3. The van der Waals surface area contributed by atoms with Crippen molar-refractivity contribution in [3.05, 3.63) is 28.8 Å². The fraction of sp³-hybridized carbons (Fsp3) is 0.333. The molecule has 19 heavy (non-hydrogen) atoms. The summed E-state index contributed by atoms with van der Waals surface area (Å²) in [6.45, 7) is 3.82. The maximum atomic E-state index is 6.27. The van der Waals surface area contributed by atoms with Crippen molar-refractivity contribution < 1.29 is 0 Å². The molecule has 0 aliphatic heterocycles. The Morgan fingerprint density at radius 2 is 2.11 bits per heavy atom. The molecule has 0 amide bonds.